The van der Waals surface area contributed by atoms with Gasteiger partial charge in [0.1, 0.15) is 6.04 Å². The summed E-state index contributed by atoms with van der Waals surface area (Å²) < 4.78 is 1.22. The minimum Gasteiger partial charge on any atom is -0.374 e. The highest BCUT2D eigenvalue weighted by Crippen LogP contribution is 2.24. The molecule has 4 nitrogen and oxygen atoms in total. The number of aromatic nitrogens is 1. The zero-order valence-corrected chi connectivity index (χ0v) is 16.4. The van der Waals surface area contributed by atoms with Gasteiger partial charge in [0, 0.05) is 17.8 Å². The number of fused-ring (bicyclic) bond motifs is 1. The van der Waals surface area contributed by atoms with Crippen LogP contribution in [0.25, 0.3) is 10.2 Å². The van der Waals surface area contributed by atoms with Gasteiger partial charge in [0.25, 0.3) is 0 Å². The summed E-state index contributed by atoms with van der Waals surface area (Å²) in [5.41, 5.74) is 3.97. The Labute approximate surface area is 168 Å². The van der Waals surface area contributed by atoms with Crippen LogP contribution in [0.3, 0.4) is 0 Å². The highest BCUT2D eigenvalue weighted by atomic mass is 32.1. The van der Waals surface area contributed by atoms with Crippen LogP contribution in [0.1, 0.15) is 17.5 Å². The summed E-state index contributed by atoms with van der Waals surface area (Å²) in [6, 6.07) is 25.5. The van der Waals surface area contributed by atoms with E-state index >= 15 is 0 Å². The Kier molecular flexibility index (Phi) is 5.35. The monoisotopic (exact) mass is 387 g/mol. The van der Waals surface area contributed by atoms with Gasteiger partial charge < -0.3 is 10.6 Å². The molecule has 0 fully saturated rings. The third-order valence-corrected chi connectivity index (χ3v) is 5.50. The lowest BCUT2D eigenvalue weighted by atomic mass is 10.1. The molecule has 2 N–H and O–H groups in total. The summed E-state index contributed by atoms with van der Waals surface area (Å²) in [6.07, 6.45) is 0.809. The lowest BCUT2D eigenvalue weighted by molar-refractivity contribution is -0.116. The predicted octanol–water partition coefficient (Wildman–Crippen LogP) is 5.33. The number of nitrogens with one attached hydrogen (secondary N) is 2. The Morgan fingerprint density at radius 1 is 0.929 bits per heavy atom. The molecule has 0 bridgehead atoms. The molecule has 0 radical (unpaired) electrons. The fraction of sp³-hybridized carbons (Fsp3) is 0.130. The predicted molar refractivity (Wildman–Crippen MR) is 117 cm³/mol. The first-order valence-electron chi connectivity index (χ1n) is 9.23. The first-order chi connectivity index (χ1) is 13.7. The molecule has 0 spiro atoms. The van der Waals surface area contributed by atoms with Crippen LogP contribution in [0.5, 0.6) is 0 Å². The summed E-state index contributed by atoms with van der Waals surface area (Å²) >= 11 is 1.73. The lowest BCUT2D eigenvalue weighted by Crippen LogP contribution is -2.31. The normalized spacial score (nSPS) is 11.9. The second-order valence-electron chi connectivity index (χ2n) is 6.67. The van der Waals surface area contributed by atoms with Crippen LogP contribution in [0.15, 0.2) is 78.9 Å². The number of para-hydroxylation sites is 2. The molecule has 1 aromatic heterocycles. The van der Waals surface area contributed by atoms with Crippen LogP contribution in [-0.4, -0.2) is 16.9 Å². The molecule has 28 heavy (non-hydrogen) atoms. The van der Waals surface area contributed by atoms with Gasteiger partial charge in [-0.2, -0.15) is 0 Å². The maximum atomic E-state index is 12.3. The number of nitrogens with zero attached hydrogens (tertiary/aromatic N) is 1. The van der Waals surface area contributed by atoms with E-state index < -0.39 is 0 Å². The van der Waals surface area contributed by atoms with Gasteiger partial charge in [0.05, 0.1) is 15.2 Å². The van der Waals surface area contributed by atoms with Crippen molar-refractivity contribution < 1.29 is 4.79 Å². The van der Waals surface area contributed by atoms with Gasteiger partial charge in [-0.1, -0.05) is 42.5 Å². The van der Waals surface area contributed by atoms with Gasteiger partial charge in [-0.3, -0.25) is 4.79 Å². The van der Waals surface area contributed by atoms with Crippen molar-refractivity contribution >= 4 is 38.8 Å². The molecule has 1 amide bonds. The summed E-state index contributed by atoms with van der Waals surface area (Å²) in [4.78, 5) is 17.0. The van der Waals surface area contributed by atoms with E-state index in [4.69, 9.17) is 4.98 Å². The topological polar surface area (TPSA) is 54.0 Å². The number of thiazole rings is 1. The Morgan fingerprint density at radius 3 is 2.39 bits per heavy atom. The van der Waals surface area contributed by atoms with Crippen LogP contribution in [-0.2, 0) is 11.2 Å². The first kappa shape index (κ1) is 18.2. The van der Waals surface area contributed by atoms with Gasteiger partial charge in [-0.25, -0.2) is 4.98 Å². The number of benzene rings is 3. The van der Waals surface area contributed by atoms with Crippen molar-refractivity contribution in [2.75, 3.05) is 10.6 Å². The molecule has 0 aliphatic carbocycles. The van der Waals surface area contributed by atoms with Crippen LogP contribution >= 0.6 is 11.3 Å². The lowest BCUT2D eigenvalue weighted by Gasteiger charge is -2.15. The van der Waals surface area contributed by atoms with Gasteiger partial charge in [0.2, 0.25) is 5.91 Å². The van der Waals surface area contributed by atoms with Crippen molar-refractivity contribution in [1.29, 1.82) is 0 Å². The van der Waals surface area contributed by atoms with Crippen molar-refractivity contribution in [3.05, 3.63) is 89.4 Å². The van der Waals surface area contributed by atoms with E-state index in [1.54, 1.807) is 11.3 Å². The number of anilines is 2. The molecule has 0 aliphatic rings. The molecule has 0 saturated heterocycles. The molecule has 4 rings (SSSR count). The average molecular weight is 388 g/mol. The highest BCUT2D eigenvalue weighted by molar-refractivity contribution is 7.18. The van der Waals surface area contributed by atoms with Crippen molar-refractivity contribution in [3.63, 3.8) is 0 Å². The Hall–Kier alpha value is -3.18. The van der Waals surface area contributed by atoms with E-state index in [0.29, 0.717) is 0 Å². The summed E-state index contributed by atoms with van der Waals surface area (Å²) in [5, 5.41) is 7.27. The highest BCUT2D eigenvalue weighted by Gasteiger charge is 2.13. The van der Waals surface area contributed by atoms with Crippen LogP contribution in [0, 0.1) is 0 Å². The standard InChI is InChI=1S/C23H21N3OS/c1-16(23(27)25-18-7-3-2-4-8-18)24-19-13-11-17(12-14-19)15-22-26-20-9-5-6-10-21(20)28-22/h2-14,16,24H,15H2,1H3,(H,25,27). The number of carbonyl (C=O) groups excluding carboxylic acids is 1. The molecule has 0 aliphatic heterocycles. The van der Waals surface area contributed by atoms with E-state index in [1.165, 1.54) is 10.3 Å². The molecule has 3 aromatic carbocycles. The quantitative estimate of drug-likeness (QED) is 0.470. The fourth-order valence-corrected chi connectivity index (χ4v) is 3.98. The Bertz CT molecular complexity index is 1040. The van der Waals surface area contributed by atoms with Gasteiger partial charge in [-0.15, -0.1) is 11.3 Å². The second kappa shape index (κ2) is 8.23. The molecular formula is C23H21N3OS. The second-order valence-corrected chi connectivity index (χ2v) is 7.79. The van der Waals surface area contributed by atoms with Crippen molar-refractivity contribution in [3.8, 4) is 0 Å². The van der Waals surface area contributed by atoms with Crippen molar-refractivity contribution in [1.82, 2.24) is 4.98 Å². The third kappa shape index (κ3) is 4.38. The van der Waals surface area contributed by atoms with Crippen molar-refractivity contribution in [2.45, 2.75) is 19.4 Å². The molecule has 1 heterocycles. The number of hydrogen-bond donors (Lipinski definition) is 2. The fourth-order valence-electron chi connectivity index (χ4n) is 2.98. The Morgan fingerprint density at radius 2 is 1.64 bits per heavy atom. The number of carbonyl (C=O) groups is 1. The van der Waals surface area contributed by atoms with E-state index in [1.807, 2.05) is 67.6 Å². The largest absolute Gasteiger partial charge is 0.374 e. The van der Waals surface area contributed by atoms with E-state index in [-0.39, 0.29) is 11.9 Å². The zero-order valence-electron chi connectivity index (χ0n) is 15.6. The van der Waals surface area contributed by atoms with Crippen molar-refractivity contribution in [2.24, 2.45) is 0 Å². The molecule has 140 valence electrons. The number of rotatable bonds is 6. The van der Waals surface area contributed by atoms with Crippen LogP contribution in [0.2, 0.25) is 0 Å². The maximum absolute atomic E-state index is 12.3. The average Bonchev–Trinajstić information content (AvgIpc) is 3.12. The van der Waals surface area contributed by atoms with Gasteiger partial charge in [0.15, 0.2) is 0 Å². The number of amides is 1. The van der Waals surface area contributed by atoms with Crippen LogP contribution in [0.4, 0.5) is 11.4 Å². The number of hydrogen-bond acceptors (Lipinski definition) is 4. The molecule has 1 unspecified atom stereocenters. The first-order valence-corrected chi connectivity index (χ1v) is 10.0. The van der Waals surface area contributed by atoms with E-state index in [2.05, 4.69) is 28.8 Å². The smallest absolute Gasteiger partial charge is 0.246 e. The molecular weight excluding hydrogens is 366 g/mol. The van der Waals surface area contributed by atoms with E-state index in [9.17, 15) is 4.79 Å². The minimum absolute atomic E-state index is 0.0650. The maximum Gasteiger partial charge on any atom is 0.246 e. The van der Waals surface area contributed by atoms with E-state index in [0.717, 1.165) is 28.3 Å². The molecule has 0 saturated carbocycles. The Balaban J connectivity index is 1.36. The SMILES string of the molecule is CC(Nc1ccc(Cc2nc3ccccc3s2)cc1)C(=O)Nc1ccccc1. The van der Waals surface area contributed by atoms with Crippen LogP contribution < -0.4 is 10.6 Å². The minimum atomic E-state index is -0.338. The molecule has 5 heteroatoms. The molecule has 4 aromatic rings. The summed E-state index contributed by atoms with van der Waals surface area (Å²) in [6.45, 7) is 1.85. The third-order valence-electron chi connectivity index (χ3n) is 4.47. The summed E-state index contributed by atoms with van der Waals surface area (Å²) in [7, 11) is 0. The molecule has 1 atom stereocenters. The van der Waals surface area contributed by atoms with Gasteiger partial charge in [-0.05, 0) is 48.9 Å². The summed E-state index contributed by atoms with van der Waals surface area (Å²) in [5.74, 6) is -0.0650. The van der Waals surface area contributed by atoms with Gasteiger partial charge >= 0.3 is 0 Å². The zero-order chi connectivity index (χ0) is 19.3.